The van der Waals surface area contributed by atoms with E-state index in [4.69, 9.17) is 4.74 Å². The summed E-state index contributed by atoms with van der Waals surface area (Å²) in [4.78, 5) is 14.6. The number of benzene rings is 2. The zero-order valence-corrected chi connectivity index (χ0v) is 16.2. The highest BCUT2D eigenvalue weighted by Gasteiger charge is 2.30. The molecule has 2 aromatic carbocycles. The van der Waals surface area contributed by atoms with E-state index in [1.54, 1.807) is 0 Å². The van der Waals surface area contributed by atoms with Gasteiger partial charge in [0.1, 0.15) is 17.7 Å². The molecular weight excluding hydrogens is 342 g/mol. The van der Waals surface area contributed by atoms with Gasteiger partial charge in [-0.1, -0.05) is 62.2 Å². The van der Waals surface area contributed by atoms with E-state index in [0.29, 0.717) is 13.0 Å². The van der Waals surface area contributed by atoms with Crippen molar-refractivity contribution in [1.29, 1.82) is 0 Å². The molecule has 1 amide bonds. The second-order valence-electron chi connectivity index (χ2n) is 6.61. The summed E-state index contributed by atoms with van der Waals surface area (Å²) in [5.41, 5.74) is 2.31. The summed E-state index contributed by atoms with van der Waals surface area (Å²) in [5, 5.41) is 0.115. The molecule has 1 atom stereocenters. The van der Waals surface area contributed by atoms with E-state index >= 15 is 0 Å². The molecule has 2 aromatic rings. The van der Waals surface area contributed by atoms with Crippen molar-refractivity contribution >= 4 is 17.7 Å². The van der Waals surface area contributed by atoms with Crippen LogP contribution in [0.4, 0.5) is 0 Å². The fraction of sp³-hybridized carbons (Fsp3) is 0.409. The number of hydrogen-bond acceptors (Lipinski definition) is 3. The number of hydrogen-bond donors (Lipinski definition) is 0. The number of thioether (sulfide) groups is 1. The molecule has 0 aliphatic carbocycles. The van der Waals surface area contributed by atoms with Gasteiger partial charge in [0.15, 0.2) is 0 Å². The maximum Gasteiger partial charge on any atom is 0.223 e. The maximum atomic E-state index is 12.6. The van der Waals surface area contributed by atoms with E-state index in [1.807, 2.05) is 47.0 Å². The van der Waals surface area contributed by atoms with E-state index < -0.39 is 0 Å². The minimum Gasteiger partial charge on any atom is -0.489 e. The van der Waals surface area contributed by atoms with Crippen LogP contribution < -0.4 is 4.74 Å². The van der Waals surface area contributed by atoms with Crippen LogP contribution in [0.2, 0.25) is 0 Å². The van der Waals surface area contributed by atoms with Crippen molar-refractivity contribution in [2.75, 3.05) is 12.3 Å². The second-order valence-corrected chi connectivity index (χ2v) is 7.80. The molecule has 26 heavy (non-hydrogen) atoms. The van der Waals surface area contributed by atoms with Gasteiger partial charge < -0.3 is 9.64 Å². The quantitative estimate of drug-likeness (QED) is 0.582. The van der Waals surface area contributed by atoms with Crippen LogP contribution in [0.3, 0.4) is 0 Å². The number of nitrogens with zero attached hydrogens (tertiary/aromatic N) is 1. The van der Waals surface area contributed by atoms with Gasteiger partial charge in [-0.3, -0.25) is 4.79 Å². The molecule has 1 aliphatic heterocycles. The van der Waals surface area contributed by atoms with Crippen LogP contribution in [0.5, 0.6) is 5.75 Å². The van der Waals surface area contributed by atoms with Crippen LogP contribution >= 0.6 is 11.8 Å². The van der Waals surface area contributed by atoms with Crippen LogP contribution in [0.1, 0.15) is 49.1 Å². The first-order valence-electron chi connectivity index (χ1n) is 9.45. The molecule has 3 rings (SSSR count). The SMILES string of the molecule is CCCCCC(=O)N1CCS[C@@H]1c1cccc(OCc2ccccc2)c1. The van der Waals surface area contributed by atoms with Crippen LogP contribution in [-0.4, -0.2) is 23.1 Å². The molecule has 138 valence electrons. The third-order valence-corrected chi connectivity index (χ3v) is 5.86. The van der Waals surface area contributed by atoms with Gasteiger partial charge in [-0.15, -0.1) is 11.8 Å². The van der Waals surface area contributed by atoms with Crippen molar-refractivity contribution < 1.29 is 9.53 Å². The lowest BCUT2D eigenvalue weighted by molar-refractivity contribution is -0.131. The van der Waals surface area contributed by atoms with Crippen molar-refractivity contribution in [3.05, 3.63) is 65.7 Å². The molecule has 1 heterocycles. The van der Waals surface area contributed by atoms with Crippen LogP contribution in [0, 0.1) is 0 Å². The molecule has 0 aromatic heterocycles. The lowest BCUT2D eigenvalue weighted by atomic mass is 10.1. The highest BCUT2D eigenvalue weighted by atomic mass is 32.2. The summed E-state index contributed by atoms with van der Waals surface area (Å²) in [6.45, 7) is 3.57. The molecule has 1 saturated heterocycles. The summed E-state index contributed by atoms with van der Waals surface area (Å²) >= 11 is 1.84. The topological polar surface area (TPSA) is 29.5 Å². The average Bonchev–Trinajstić information content (AvgIpc) is 3.18. The summed E-state index contributed by atoms with van der Waals surface area (Å²) in [6, 6.07) is 18.4. The Kier molecular flexibility index (Phi) is 7.01. The Morgan fingerprint density at radius 1 is 1.15 bits per heavy atom. The standard InChI is InChI=1S/C22H27NO2S/c1-2-3-5-13-21(24)23-14-15-26-22(23)19-11-8-12-20(16-19)25-17-18-9-6-4-7-10-18/h4,6-12,16,22H,2-3,5,13-15,17H2,1H3/t22-/m1/s1. The van der Waals surface area contributed by atoms with Crippen molar-refractivity contribution in [3.8, 4) is 5.75 Å². The van der Waals surface area contributed by atoms with Gasteiger partial charge in [0.25, 0.3) is 0 Å². The molecule has 1 aliphatic rings. The predicted octanol–water partition coefficient (Wildman–Crippen LogP) is 5.42. The summed E-state index contributed by atoms with van der Waals surface area (Å²) < 4.78 is 5.95. The van der Waals surface area contributed by atoms with E-state index in [2.05, 4.69) is 31.2 Å². The highest BCUT2D eigenvalue weighted by Crippen LogP contribution is 2.39. The minimum atomic E-state index is 0.115. The van der Waals surface area contributed by atoms with Crippen LogP contribution in [0.15, 0.2) is 54.6 Å². The number of unbranched alkanes of at least 4 members (excludes halogenated alkanes) is 2. The number of rotatable bonds is 8. The van der Waals surface area contributed by atoms with Gasteiger partial charge in [-0.05, 0) is 29.7 Å². The zero-order valence-electron chi connectivity index (χ0n) is 15.4. The van der Waals surface area contributed by atoms with Crippen molar-refractivity contribution in [2.24, 2.45) is 0 Å². The number of amides is 1. The maximum absolute atomic E-state index is 12.6. The third-order valence-electron chi connectivity index (χ3n) is 4.60. The second kappa shape index (κ2) is 9.67. The van der Waals surface area contributed by atoms with Crippen LogP contribution in [-0.2, 0) is 11.4 Å². The molecule has 4 heteroatoms. The van der Waals surface area contributed by atoms with Gasteiger partial charge >= 0.3 is 0 Å². The Labute approximate surface area is 160 Å². The third kappa shape index (κ3) is 5.04. The van der Waals surface area contributed by atoms with E-state index in [9.17, 15) is 4.79 Å². The molecule has 0 radical (unpaired) electrons. The monoisotopic (exact) mass is 369 g/mol. The van der Waals surface area contributed by atoms with Crippen molar-refractivity contribution in [1.82, 2.24) is 4.90 Å². The highest BCUT2D eigenvalue weighted by molar-refractivity contribution is 7.99. The van der Waals surface area contributed by atoms with Gasteiger partial charge in [-0.25, -0.2) is 0 Å². The number of carbonyl (C=O) groups excluding carboxylic acids is 1. The molecule has 0 N–H and O–H groups in total. The first kappa shape index (κ1) is 18.8. The van der Waals surface area contributed by atoms with Gasteiger partial charge in [-0.2, -0.15) is 0 Å². The summed E-state index contributed by atoms with van der Waals surface area (Å²) in [6.07, 6.45) is 3.92. The Balaban J connectivity index is 1.63. The largest absolute Gasteiger partial charge is 0.489 e. The van der Waals surface area contributed by atoms with E-state index in [-0.39, 0.29) is 11.3 Å². The molecular formula is C22H27NO2S. The minimum absolute atomic E-state index is 0.115. The molecule has 0 saturated carbocycles. The predicted molar refractivity (Wildman–Crippen MR) is 108 cm³/mol. The molecule has 3 nitrogen and oxygen atoms in total. The summed E-state index contributed by atoms with van der Waals surface area (Å²) in [7, 11) is 0. The normalized spacial score (nSPS) is 16.7. The molecule has 0 unspecified atom stereocenters. The lowest BCUT2D eigenvalue weighted by Crippen LogP contribution is -2.30. The lowest BCUT2D eigenvalue weighted by Gasteiger charge is -2.24. The van der Waals surface area contributed by atoms with Gasteiger partial charge in [0.05, 0.1) is 0 Å². The van der Waals surface area contributed by atoms with Crippen LogP contribution in [0.25, 0.3) is 0 Å². The summed E-state index contributed by atoms with van der Waals surface area (Å²) in [5.74, 6) is 2.14. The van der Waals surface area contributed by atoms with E-state index in [0.717, 1.165) is 48.4 Å². The molecule has 0 bridgehead atoms. The van der Waals surface area contributed by atoms with Crippen molar-refractivity contribution in [2.45, 2.75) is 44.6 Å². The Morgan fingerprint density at radius 3 is 2.81 bits per heavy atom. The smallest absolute Gasteiger partial charge is 0.223 e. The van der Waals surface area contributed by atoms with E-state index in [1.165, 1.54) is 0 Å². The molecule has 0 spiro atoms. The zero-order chi connectivity index (χ0) is 18.2. The van der Waals surface area contributed by atoms with Crippen molar-refractivity contribution in [3.63, 3.8) is 0 Å². The first-order valence-corrected chi connectivity index (χ1v) is 10.5. The number of carbonyl (C=O) groups is 1. The van der Waals surface area contributed by atoms with Gasteiger partial charge in [0.2, 0.25) is 5.91 Å². The average molecular weight is 370 g/mol. The number of ether oxygens (including phenoxy) is 1. The fourth-order valence-electron chi connectivity index (χ4n) is 3.17. The Morgan fingerprint density at radius 2 is 2.00 bits per heavy atom. The molecule has 1 fully saturated rings. The first-order chi connectivity index (χ1) is 12.8. The Hall–Kier alpha value is -1.94. The fourth-order valence-corrected chi connectivity index (χ4v) is 4.44. The Bertz CT molecular complexity index is 704. The van der Waals surface area contributed by atoms with Gasteiger partial charge in [0, 0.05) is 18.7 Å².